The molecule has 1 atom stereocenters. The Bertz CT molecular complexity index is 983. The van der Waals surface area contributed by atoms with E-state index in [1.807, 2.05) is 30.3 Å². The molecule has 2 heterocycles. The molecule has 4 rings (SSSR count). The summed E-state index contributed by atoms with van der Waals surface area (Å²) in [6, 6.07) is 18.4. The van der Waals surface area contributed by atoms with Crippen LogP contribution in [0.4, 0.5) is 0 Å². The molecule has 2 aliphatic rings. The van der Waals surface area contributed by atoms with E-state index in [1.165, 1.54) is 5.56 Å². The highest BCUT2D eigenvalue weighted by molar-refractivity contribution is 5.85. The fraction of sp³-hybridized carbons (Fsp3) is 0.500. The van der Waals surface area contributed by atoms with E-state index >= 15 is 0 Å². The predicted octanol–water partition coefficient (Wildman–Crippen LogP) is 4.23. The van der Waals surface area contributed by atoms with E-state index in [0.717, 1.165) is 50.9 Å². The predicted molar refractivity (Wildman–Crippen MR) is 132 cm³/mol. The van der Waals surface area contributed by atoms with Gasteiger partial charge in [-0.05, 0) is 56.3 Å². The zero-order chi connectivity index (χ0) is 24.1. The third-order valence-electron chi connectivity index (χ3n) is 7.19. The Kier molecular flexibility index (Phi) is 7.57. The van der Waals surface area contributed by atoms with Crippen molar-refractivity contribution in [1.29, 1.82) is 0 Å². The highest BCUT2D eigenvalue weighted by Crippen LogP contribution is 2.46. The Hall–Kier alpha value is -2.86. The van der Waals surface area contributed by atoms with Crippen molar-refractivity contribution in [3.63, 3.8) is 0 Å². The number of benzene rings is 2. The molecule has 2 aliphatic heterocycles. The molecule has 0 unspecified atom stereocenters. The summed E-state index contributed by atoms with van der Waals surface area (Å²) < 4.78 is 5.49. The number of amides is 1. The fourth-order valence-corrected chi connectivity index (χ4v) is 5.53. The van der Waals surface area contributed by atoms with Crippen LogP contribution in [0.3, 0.4) is 0 Å². The standard InChI is InChI=1S/C28H36N2O4/c1-21(2)18-30-24(16-22-8-4-3-5-9-22)17-28(27(30)33)12-14-29(15-13-28)19-23-10-6-7-11-25(23)34-20-26(31)32/h3-11,21,24H,12-20H2,1-2H3,(H,31,32)/t24-/m1/s1. The molecule has 0 saturated carbocycles. The first kappa shape index (κ1) is 24.3. The van der Waals surface area contributed by atoms with Gasteiger partial charge in [0.15, 0.2) is 6.61 Å². The van der Waals surface area contributed by atoms with Crippen molar-refractivity contribution in [1.82, 2.24) is 9.80 Å². The van der Waals surface area contributed by atoms with Gasteiger partial charge in [-0.2, -0.15) is 0 Å². The van der Waals surface area contributed by atoms with Crippen LogP contribution in [0, 0.1) is 11.3 Å². The highest BCUT2D eigenvalue weighted by atomic mass is 16.5. The molecule has 182 valence electrons. The van der Waals surface area contributed by atoms with E-state index < -0.39 is 5.97 Å². The molecule has 0 aromatic heterocycles. The van der Waals surface area contributed by atoms with Crippen molar-refractivity contribution < 1.29 is 19.4 Å². The molecule has 2 aromatic rings. The molecule has 6 heteroatoms. The number of rotatable bonds is 9. The van der Waals surface area contributed by atoms with Crippen LogP contribution >= 0.6 is 0 Å². The monoisotopic (exact) mass is 464 g/mol. The van der Waals surface area contributed by atoms with Crippen LogP contribution < -0.4 is 4.74 Å². The molecule has 1 amide bonds. The molecule has 1 spiro atoms. The molecular weight excluding hydrogens is 428 g/mol. The van der Waals surface area contributed by atoms with Crippen molar-refractivity contribution >= 4 is 11.9 Å². The summed E-state index contributed by atoms with van der Waals surface area (Å²) in [4.78, 5) is 29.2. The van der Waals surface area contributed by atoms with E-state index in [4.69, 9.17) is 9.84 Å². The number of nitrogens with zero attached hydrogens (tertiary/aromatic N) is 2. The first-order valence-corrected chi connectivity index (χ1v) is 12.4. The normalized spacial score (nSPS) is 20.3. The van der Waals surface area contributed by atoms with Crippen LogP contribution in [-0.4, -0.2) is 59.1 Å². The first-order chi connectivity index (χ1) is 16.4. The number of ether oxygens (including phenoxy) is 1. The molecule has 6 nitrogen and oxygen atoms in total. The van der Waals surface area contributed by atoms with E-state index in [9.17, 15) is 9.59 Å². The minimum atomic E-state index is -0.981. The molecule has 2 aromatic carbocycles. The van der Waals surface area contributed by atoms with Crippen molar-refractivity contribution in [2.45, 2.75) is 52.1 Å². The van der Waals surface area contributed by atoms with E-state index in [0.29, 0.717) is 24.1 Å². The van der Waals surface area contributed by atoms with Crippen molar-refractivity contribution in [2.75, 3.05) is 26.2 Å². The van der Waals surface area contributed by atoms with Crippen LogP contribution in [0.5, 0.6) is 5.75 Å². The summed E-state index contributed by atoms with van der Waals surface area (Å²) in [7, 11) is 0. The second-order valence-corrected chi connectivity index (χ2v) is 10.2. The lowest BCUT2D eigenvalue weighted by molar-refractivity contribution is -0.140. The number of likely N-dealkylation sites (tertiary alicyclic amines) is 2. The maximum Gasteiger partial charge on any atom is 0.341 e. The lowest BCUT2D eigenvalue weighted by Crippen LogP contribution is -2.45. The highest BCUT2D eigenvalue weighted by Gasteiger charge is 2.52. The lowest BCUT2D eigenvalue weighted by atomic mass is 9.75. The molecule has 0 aliphatic carbocycles. The Balaban J connectivity index is 1.42. The molecule has 2 saturated heterocycles. The zero-order valence-corrected chi connectivity index (χ0v) is 20.3. The van der Waals surface area contributed by atoms with Crippen LogP contribution in [0.25, 0.3) is 0 Å². The summed E-state index contributed by atoms with van der Waals surface area (Å²) in [6.07, 6.45) is 3.58. The Morgan fingerprint density at radius 3 is 2.44 bits per heavy atom. The van der Waals surface area contributed by atoms with Gasteiger partial charge in [-0.25, -0.2) is 4.79 Å². The molecule has 34 heavy (non-hydrogen) atoms. The zero-order valence-electron chi connectivity index (χ0n) is 20.3. The van der Waals surface area contributed by atoms with Crippen molar-refractivity contribution in [3.05, 3.63) is 65.7 Å². The average molecular weight is 465 g/mol. The maximum absolute atomic E-state index is 13.7. The number of aliphatic carboxylic acids is 1. The summed E-state index contributed by atoms with van der Waals surface area (Å²) in [6.45, 7) is 7.25. The van der Waals surface area contributed by atoms with Gasteiger partial charge < -0.3 is 14.7 Å². The molecule has 2 fully saturated rings. The van der Waals surface area contributed by atoms with Crippen LogP contribution in [0.15, 0.2) is 54.6 Å². The van der Waals surface area contributed by atoms with E-state index in [1.54, 1.807) is 0 Å². The molecule has 0 bridgehead atoms. The van der Waals surface area contributed by atoms with Gasteiger partial charge >= 0.3 is 5.97 Å². The van der Waals surface area contributed by atoms with Crippen LogP contribution in [0.1, 0.15) is 44.2 Å². The molecular formula is C28H36N2O4. The lowest BCUT2D eigenvalue weighted by Gasteiger charge is -2.38. The number of carboxylic acids is 1. The number of carbonyl (C=O) groups excluding carboxylic acids is 1. The largest absolute Gasteiger partial charge is 0.482 e. The minimum absolute atomic E-state index is 0.258. The number of carbonyl (C=O) groups is 2. The number of carboxylic acid groups (broad SMARTS) is 1. The van der Waals surface area contributed by atoms with Crippen LogP contribution in [-0.2, 0) is 22.6 Å². The van der Waals surface area contributed by atoms with Gasteiger partial charge in [-0.3, -0.25) is 9.69 Å². The average Bonchev–Trinajstić information content (AvgIpc) is 3.05. The van der Waals surface area contributed by atoms with Gasteiger partial charge in [0, 0.05) is 24.7 Å². The number of para-hydroxylation sites is 1. The Labute approximate surface area is 202 Å². The van der Waals surface area contributed by atoms with Gasteiger partial charge in [-0.15, -0.1) is 0 Å². The third-order valence-corrected chi connectivity index (χ3v) is 7.19. The van der Waals surface area contributed by atoms with Crippen molar-refractivity contribution in [3.8, 4) is 5.75 Å². The van der Waals surface area contributed by atoms with Gasteiger partial charge in [-0.1, -0.05) is 62.4 Å². The number of hydrogen-bond acceptors (Lipinski definition) is 4. The van der Waals surface area contributed by atoms with Gasteiger partial charge in [0.05, 0.1) is 5.41 Å². The summed E-state index contributed by atoms with van der Waals surface area (Å²) >= 11 is 0. The Morgan fingerprint density at radius 2 is 1.76 bits per heavy atom. The smallest absolute Gasteiger partial charge is 0.341 e. The quantitative estimate of drug-likeness (QED) is 0.601. The van der Waals surface area contributed by atoms with Gasteiger partial charge in [0.2, 0.25) is 5.91 Å². The Morgan fingerprint density at radius 1 is 1.09 bits per heavy atom. The van der Waals surface area contributed by atoms with E-state index in [-0.39, 0.29) is 18.1 Å². The van der Waals surface area contributed by atoms with Gasteiger partial charge in [0.1, 0.15) is 5.75 Å². The second kappa shape index (κ2) is 10.6. The van der Waals surface area contributed by atoms with Crippen molar-refractivity contribution in [2.24, 2.45) is 11.3 Å². The summed E-state index contributed by atoms with van der Waals surface area (Å²) in [5.74, 6) is 0.422. The number of hydrogen-bond donors (Lipinski definition) is 1. The van der Waals surface area contributed by atoms with E-state index in [2.05, 4.69) is 47.9 Å². The minimum Gasteiger partial charge on any atom is -0.482 e. The SMILES string of the molecule is CC(C)CN1C(=O)C2(CCN(Cc3ccccc3OCC(=O)O)CC2)C[C@H]1Cc1ccccc1. The third kappa shape index (κ3) is 5.61. The topological polar surface area (TPSA) is 70.1 Å². The summed E-state index contributed by atoms with van der Waals surface area (Å²) in [5.41, 5.74) is 2.02. The molecule has 0 radical (unpaired) electrons. The second-order valence-electron chi connectivity index (χ2n) is 10.2. The maximum atomic E-state index is 13.7. The molecule has 1 N–H and O–H groups in total. The van der Waals surface area contributed by atoms with Gasteiger partial charge in [0.25, 0.3) is 0 Å². The fourth-order valence-electron chi connectivity index (χ4n) is 5.53. The summed E-state index contributed by atoms with van der Waals surface area (Å²) in [5, 5.41) is 8.95. The first-order valence-electron chi connectivity index (χ1n) is 12.4. The van der Waals surface area contributed by atoms with Crippen LogP contribution in [0.2, 0.25) is 0 Å². The number of piperidine rings is 1.